The number of nitrogens with one attached hydrogen (secondary N) is 1. The minimum atomic E-state index is -0.537. The van der Waals surface area contributed by atoms with Gasteiger partial charge in [0.15, 0.2) is 0 Å². The first-order valence-corrected chi connectivity index (χ1v) is 5.56. The molecule has 1 aliphatic rings. The fraction of sp³-hybridized carbons (Fsp3) is 0.500. The SMILES string of the molecule is CCN1CCNCC1.Fc1cccc(F)c1. The van der Waals surface area contributed by atoms with Crippen molar-refractivity contribution in [2.75, 3.05) is 32.7 Å². The van der Waals surface area contributed by atoms with Crippen molar-refractivity contribution in [2.24, 2.45) is 0 Å². The Morgan fingerprint density at radius 3 is 2.06 bits per heavy atom. The molecule has 2 rings (SSSR count). The van der Waals surface area contributed by atoms with Crippen LogP contribution in [-0.4, -0.2) is 37.6 Å². The second-order valence-electron chi connectivity index (χ2n) is 3.62. The molecule has 1 aliphatic heterocycles. The lowest BCUT2D eigenvalue weighted by molar-refractivity contribution is 0.253. The molecule has 1 fully saturated rings. The molecular weight excluding hydrogens is 210 g/mol. The van der Waals surface area contributed by atoms with Gasteiger partial charge in [-0.3, -0.25) is 0 Å². The van der Waals surface area contributed by atoms with Gasteiger partial charge in [0.1, 0.15) is 11.6 Å². The molecule has 1 aromatic carbocycles. The minimum Gasteiger partial charge on any atom is -0.314 e. The molecule has 0 aliphatic carbocycles. The van der Waals surface area contributed by atoms with Crippen LogP contribution in [0, 0.1) is 11.6 Å². The van der Waals surface area contributed by atoms with Crippen molar-refractivity contribution in [3.8, 4) is 0 Å². The summed E-state index contributed by atoms with van der Waals surface area (Å²) in [5.41, 5.74) is 0. The van der Waals surface area contributed by atoms with Crippen molar-refractivity contribution >= 4 is 0 Å². The summed E-state index contributed by atoms with van der Waals surface area (Å²) < 4.78 is 23.9. The maximum absolute atomic E-state index is 11.9. The molecule has 90 valence electrons. The predicted molar refractivity (Wildman–Crippen MR) is 61.3 cm³/mol. The Hall–Kier alpha value is -1.00. The van der Waals surface area contributed by atoms with Gasteiger partial charge in [-0.1, -0.05) is 13.0 Å². The van der Waals surface area contributed by atoms with Crippen LogP contribution in [0.5, 0.6) is 0 Å². The van der Waals surface area contributed by atoms with Gasteiger partial charge < -0.3 is 10.2 Å². The van der Waals surface area contributed by atoms with E-state index in [9.17, 15) is 8.78 Å². The number of halogens is 2. The van der Waals surface area contributed by atoms with Gasteiger partial charge in [-0.2, -0.15) is 0 Å². The fourth-order valence-corrected chi connectivity index (χ4v) is 1.49. The van der Waals surface area contributed by atoms with E-state index in [2.05, 4.69) is 17.1 Å². The Morgan fingerprint density at radius 1 is 1.19 bits per heavy atom. The van der Waals surface area contributed by atoms with Gasteiger partial charge in [0.25, 0.3) is 0 Å². The lowest BCUT2D eigenvalue weighted by atomic mass is 10.3. The number of rotatable bonds is 1. The van der Waals surface area contributed by atoms with Gasteiger partial charge in [0.2, 0.25) is 0 Å². The van der Waals surface area contributed by atoms with E-state index in [-0.39, 0.29) is 0 Å². The molecule has 4 heteroatoms. The zero-order valence-electron chi connectivity index (χ0n) is 9.55. The van der Waals surface area contributed by atoms with Crippen molar-refractivity contribution in [2.45, 2.75) is 6.92 Å². The molecule has 2 nitrogen and oxygen atoms in total. The van der Waals surface area contributed by atoms with Crippen LogP contribution >= 0.6 is 0 Å². The van der Waals surface area contributed by atoms with E-state index in [4.69, 9.17) is 0 Å². The molecule has 0 bridgehead atoms. The van der Waals surface area contributed by atoms with Crippen molar-refractivity contribution < 1.29 is 8.78 Å². The third-order valence-electron chi connectivity index (χ3n) is 2.44. The van der Waals surface area contributed by atoms with Gasteiger partial charge in [-0.15, -0.1) is 0 Å². The molecule has 1 heterocycles. The third-order valence-corrected chi connectivity index (χ3v) is 2.44. The zero-order chi connectivity index (χ0) is 11.8. The van der Waals surface area contributed by atoms with Crippen LogP contribution in [0.1, 0.15) is 6.92 Å². The maximum atomic E-state index is 11.9. The summed E-state index contributed by atoms with van der Waals surface area (Å²) in [6.45, 7) is 8.24. The molecule has 16 heavy (non-hydrogen) atoms. The third kappa shape index (κ3) is 5.19. The first-order chi connectivity index (χ1) is 7.72. The van der Waals surface area contributed by atoms with Gasteiger partial charge in [-0.25, -0.2) is 8.78 Å². The van der Waals surface area contributed by atoms with Crippen molar-refractivity contribution in [1.29, 1.82) is 0 Å². The van der Waals surface area contributed by atoms with Gasteiger partial charge in [0.05, 0.1) is 0 Å². The highest BCUT2D eigenvalue weighted by atomic mass is 19.1. The Labute approximate surface area is 95.3 Å². The second kappa shape index (κ2) is 7.30. The Bertz CT molecular complexity index is 282. The number of benzene rings is 1. The summed E-state index contributed by atoms with van der Waals surface area (Å²) in [6.07, 6.45) is 0. The van der Waals surface area contributed by atoms with Crippen molar-refractivity contribution in [3.05, 3.63) is 35.9 Å². The lowest BCUT2D eigenvalue weighted by Crippen LogP contribution is -2.43. The largest absolute Gasteiger partial charge is 0.314 e. The molecule has 1 N–H and O–H groups in total. The van der Waals surface area contributed by atoms with Crippen LogP contribution in [0.2, 0.25) is 0 Å². The highest BCUT2D eigenvalue weighted by Crippen LogP contribution is 1.99. The van der Waals surface area contributed by atoms with Crippen LogP contribution in [0.15, 0.2) is 24.3 Å². The van der Waals surface area contributed by atoms with Crippen LogP contribution in [0.25, 0.3) is 0 Å². The maximum Gasteiger partial charge on any atom is 0.126 e. The van der Waals surface area contributed by atoms with Gasteiger partial charge in [-0.05, 0) is 18.7 Å². The van der Waals surface area contributed by atoms with E-state index in [1.54, 1.807) is 0 Å². The molecular formula is C12H18F2N2. The summed E-state index contributed by atoms with van der Waals surface area (Å²) >= 11 is 0. The van der Waals surface area contributed by atoms with E-state index in [0.717, 1.165) is 6.07 Å². The van der Waals surface area contributed by atoms with E-state index >= 15 is 0 Å². The number of nitrogens with zero attached hydrogens (tertiary/aromatic N) is 1. The number of hydrogen-bond donors (Lipinski definition) is 1. The molecule has 1 aromatic rings. The van der Waals surface area contributed by atoms with Crippen LogP contribution in [0.4, 0.5) is 8.78 Å². The normalized spacial score (nSPS) is 16.4. The molecule has 0 aromatic heterocycles. The van der Waals surface area contributed by atoms with E-state index in [0.29, 0.717) is 0 Å². The lowest BCUT2D eigenvalue weighted by Gasteiger charge is -2.25. The number of piperazine rings is 1. The monoisotopic (exact) mass is 228 g/mol. The van der Waals surface area contributed by atoms with E-state index in [1.807, 2.05) is 0 Å². The first-order valence-electron chi connectivity index (χ1n) is 5.56. The average Bonchev–Trinajstić information content (AvgIpc) is 2.31. The number of likely N-dealkylation sites (N-methyl/N-ethyl adjacent to an activating group) is 1. The topological polar surface area (TPSA) is 15.3 Å². The molecule has 0 amide bonds. The summed E-state index contributed by atoms with van der Waals surface area (Å²) in [5, 5.41) is 3.31. The highest BCUT2D eigenvalue weighted by molar-refractivity contribution is 5.04. The zero-order valence-corrected chi connectivity index (χ0v) is 9.55. The predicted octanol–water partition coefficient (Wildman–Crippen LogP) is 1.88. The first kappa shape index (κ1) is 13.1. The highest BCUT2D eigenvalue weighted by Gasteiger charge is 2.04. The molecule has 0 atom stereocenters. The summed E-state index contributed by atoms with van der Waals surface area (Å²) in [5.74, 6) is -1.07. The smallest absolute Gasteiger partial charge is 0.126 e. The van der Waals surface area contributed by atoms with Crippen LogP contribution in [0.3, 0.4) is 0 Å². The summed E-state index contributed by atoms with van der Waals surface area (Å²) in [4.78, 5) is 2.45. The Balaban J connectivity index is 0.000000160. The van der Waals surface area contributed by atoms with E-state index < -0.39 is 11.6 Å². The Kier molecular flexibility index (Phi) is 5.96. The quantitative estimate of drug-likeness (QED) is 0.789. The molecule has 0 spiro atoms. The van der Waals surface area contributed by atoms with Gasteiger partial charge in [0, 0.05) is 32.2 Å². The fourth-order valence-electron chi connectivity index (χ4n) is 1.49. The molecule has 1 saturated heterocycles. The van der Waals surface area contributed by atoms with Crippen LogP contribution < -0.4 is 5.32 Å². The number of hydrogen-bond acceptors (Lipinski definition) is 2. The van der Waals surface area contributed by atoms with Crippen LogP contribution in [-0.2, 0) is 0 Å². The second-order valence-corrected chi connectivity index (χ2v) is 3.62. The van der Waals surface area contributed by atoms with Gasteiger partial charge >= 0.3 is 0 Å². The molecule has 0 radical (unpaired) electrons. The minimum absolute atomic E-state index is 0.537. The van der Waals surface area contributed by atoms with Crippen molar-refractivity contribution in [1.82, 2.24) is 10.2 Å². The van der Waals surface area contributed by atoms with Crippen molar-refractivity contribution in [3.63, 3.8) is 0 Å². The molecule has 0 unspecified atom stereocenters. The van der Waals surface area contributed by atoms with E-state index in [1.165, 1.54) is 50.9 Å². The summed E-state index contributed by atoms with van der Waals surface area (Å²) in [6, 6.07) is 4.55. The summed E-state index contributed by atoms with van der Waals surface area (Å²) in [7, 11) is 0. The molecule has 0 saturated carbocycles. The standard InChI is InChI=1S/C6H4F2.C6H14N2/c7-5-2-1-3-6(8)4-5;1-2-8-5-3-7-4-6-8/h1-4H;7H,2-6H2,1H3. The Morgan fingerprint density at radius 2 is 1.75 bits per heavy atom. The average molecular weight is 228 g/mol.